The molecule has 0 unspecified atom stereocenters. The third-order valence-corrected chi connectivity index (χ3v) is 4.19. The number of carbonyl (C=O) groups is 1. The SMILES string of the molecule is CCCCn1nnnc1COC(=O)c1cnn(Cc2ccccc2Cl)c1. The summed E-state index contributed by atoms with van der Waals surface area (Å²) in [5.41, 5.74) is 1.29. The summed E-state index contributed by atoms with van der Waals surface area (Å²) < 4.78 is 8.59. The van der Waals surface area contributed by atoms with Gasteiger partial charge in [0.05, 0.1) is 18.3 Å². The van der Waals surface area contributed by atoms with Crippen molar-refractivity contribution in [1.82, 2.24) is 30.0 Å². The Balaban J connectivity index is 1.58. The van der Waals surface area contributed by atoms with Crippen molar-refractivity contribution in [3.63, 3.8) is 0 Å². The van der Waals surface area contributed by atoms with Gasteiger partial charge in [0.15, 0.2) is 12.4 Å². The lowest BCUT2D eigenvalue weighted by Gasteiger charge is -2.05. The maximum Gasteiger partial charge on any atom is 0.341 e. The van der Waals surface area contributed by atoms with Crippen LogP contribution in [0.4, 0.5) is 0 Å². The number of hydrogen-bond acceptors (Lipinski definition) is 6. The van der Waals surface area contributed by atoms with Crippen LogP contribution in [-0.2, 0) is 24.4 Å². The van der Waals surface area contributed by atoms with Crippen molar-refractivity contribution in [2.75, 3.05) is 0 Å². The zero-order valence-corrected chi connectivity index (χ0v) is 15.1. The van der Waals surface area contributed by atoms with Gasteiger partial charge < -0.3 is 4.74 Å². The van der Waals surface area contributed by atoms with Gasteiger partial charge in [0.2, 0.25) is 0 Å². The third-order valence-electron chi connectivity index (χ3n) is 3.82. The zero-order chi connectivity index (χ0) is 18.4. The molecule has 2 heterocycles. The fraction of sp³-hybridized carbons (Fsp3) is 0.353. The number of tetrazole rings is 1. The number of nitrogens with zero attached hydrogens (tertiary/aromatic N) is 6. The number of rotatable bonds is 8. The molecule has 0 spiro atoms. The molecule has 0 aliphatic heterocycles. The number of esters is 1. The maximum atomic E-state index is 12.2. The van der Waals surface area contributed by atoms with Gasteiger partial charge in [0, 0.05) is 17.8 Å². The van der Waals surface area contributed by atoms with Crippen LogP contribution in [0.3, 0.4) is 0 Å². The van der Waals surface area contributed by atoms with Crippen LogP contribution in [0.25, 0.3) is 0 Å². The molecular weight excluding hydrogens is 356 g/mol. The molecule has 0 fully saturated rings. The van der Waals surface area contributed by atoms with Gasteiger partial charge in [-0.15, -0.1) is 5.10 Å². The molecule has 0 aliphatic carbocycles. The Morgan fingerprint density at radius 1 is 1.31 bits per heavy atom. The Hall–Kier alpha value is -2.74. The molecule has 0 atom stereocenters. The number of ether oxygens (including phenoxy) is 1. The first kappa shape index (κ1) is 18.1. The number of carbonyl (C=O) groups excluding carboxylic acids is 1. The molecule has 0 aliphatic rings. The monoisotopic (exact) mass is 374 g/mol. The van der Waals surface area contributed by atoms with Gasteiger partial charge in [0.1, 0.15) is 0 Å². The Morgan fingerprint density at radius 2 is 2.15 bits per heavy atom. The third kappa shape index (κ3) is 4.45. The number of halogens is 1. The highest BCUT2D eigenvalue weighted by Crippen LogP contribution is 2.16. The number of unbranched alkanes of at least 4 members (excludes halogenated alkanes) is 1. The fourth-order valence-corrected chi connectivity index (χ4v) is 2.57. The van der Waals surface area contributed by atoms with Crippen LogP contribution in [0.2, 0.25) is 5.02 Å². The molecule has 8 nitrogen and oxygen atoms in total. The van der Waals surface area contributed by atoms with E-state index in [0.29, 0.717) is 29.5 Å². The minimum atomic E-state index is -0.472. The molecule has 9 heteroatoms. The first-order valence-electron chi connectivity index (χ1n) is 8.35. The Labute approximate surface area is 155 Å². The van der Waals surface area contributed by atoms with E-state index in [0.717, 1.165) is 18.4 Å². The normalized spacial score (nSPS) is 10.8. The smallest absolute Gasteiger partial charge is 0.341 e. The summed E-state index contributed by atoms with van der Waals surface area (Å²) in [6, 6.07) is 7.50. The van der Waals surface area contributed by atoms with Gasteiger partial charge in [-0.05, 0) is 28.5 Å². The van der Waals surface area contributed by atoms with E-state index in [2.05, 4.69) is 27.5 Å². The zero-order valence-electron chi connectivity index (χ0n) is 14.4. The van der Waals surface area contributed by atoms with E-state index in [1.165, 1.54) is 6.20 Å². The lowest BCUT2D eigenvalue weighted by molar-refractivity contribution is 0.0456. The highest BCUT2D eigenvalue weighted by Gasteiger charge is 2.14. The van der Waals surface area contributed by atoms with Crippen molar-refractivity contribution < 1.29 is 9.53 Å². The van der Waals surface area contributed by atoms with Crippen molar-refractivity contribution in [2.24, 2.45) is 0 Å². The van der Waals surface area contributed by atoms with Crippen LogP contribution in [0.1, 0.15) is 41.5 Å². The van der Waals surface area contributed by atoms with Gasteiger partial charge in [-0.3, -0.25) is 4.68 Å². The highest BCUT2D eigenvalue weighted by atomic mass is 35.5. The van der Waals surface area contributed by atoms with Crippen LogP contribution < -0.4 is 0 Å². The summed E-state index contributed by atoms with van der Waals surface area (Å²) in [6.45, 7) is 3.28. The Kier molecular flexibility index (Phi) is 5.96. The van der Waals surface area contributed by atoms with Crippen molar-refractivity contribution in [3.8, 4) is 0 Å². The number of hydrogen-bond donors (Lipinski definition) is 0. The van der Waals surface area contributed by atoms with Gasteiger partial charge in [-0.2, -0.15) is 5.10 Å². The van der Waals surface area contributed by atoms with E-state index in [1.54, 1.807) is 15.6 Å². The van der Waals surface area contributed by atoms with E-state index in [9.17, 15) is 4.79 Å². The summed E-state index contributed by atoms with van der Waals surface area (Å²) in [6.07, 6.45) is 5.09. The average molecular weight is 375 g/mol. The summed E-state index contributed by atoms with van der Waals surface area (Å²) in [5, 5.41) is 16.3. The van der Waals surface area contributed by atoms with Crippen molar-refractivity contribution in [1.29, 1.82) is 0 Å². The number of aromatic nitrogens is 6. The Bertz CT molecular complexity index is 876. The van der Waals surface area contributed by atoms with E-state index in [1.807, 2.05) is 24.3 Å². The highest BCUT2D eigenvalue weighted by molar-refractivity contribution is 6.31. The minimum absolute atomic E-state index is 0.0191. The summed E-state index contributed by atoms with van der Waals surface area (Å²) in [4.78, 5) is 12.2. The average Bonchev–Trinajstić information content (AvgIpc) is 3.29. The standard InChI is InChI=1S/C17H19ClN6O2/c1-2-3-8-24-16(20-21-22-24)12-26-17(25)14-9-19-23(11-14)10-13-6-4-5-7-15(13)18/h4-7,9,11H,2-3,8,10,12H2,1H3. The summed E-state index contributed by atoms with van der Waals surface area (Å²) in [7, 11) is 0. The van der Waals surface area contributed by atoms with Gasteiger partial charge in [0.25, 0.3) is 0 Å². The molecule has 2 aromatic heterocycles. The van der Waals surface area contributed by atoms with Gasteiger partial charge in [-0.25, -0.2) is 9.48 Å². The minimum Gasteiger partial charge on any atom is -0.454 e. The van der Waals surface area contributed by atoms with Gasteiger partial charge >= 0.3 is 5.97 Å². The lowest BCUT2D eigenvalue weighted by Crippen LogP contribution is -2.11. The molecule has 136 valence electrons. The second kappa shape index (κ2) is 8.57. The maximum absolute atomic E-state index is 12.2. The molecule has 3 aromatic rings. The number of benzene rings is 1. The summed E-state index contributed by atoms with van der Waals surface area (Å²) in [5.74, 6) is 0.0516. The van der Waals surface area contributed by atoms with Crippen LogP contribution in [0, 0.1) is 0 Å². The van der Waals surface area contributed by atoms with Crippen LogP contribution in [0.5, 0.6) is 0 Å². The predicted molar refractivity (Wildman–Crippen MR) is 94.6 cm³/mol. The van der Waals surface area contributed by atoms with Crippen LogP contribution in [0.15, 0.2) is 36.7 Å². The molecule has 3 rings (SSSR count). The molecule has 1 aromatic carbocycles. The molecule has 0 saturated heterocycles. The first-order chi connectivity index (χ1) is 12.7. The van der Waals surface area contributed by atoms with Crippen molar-refractivity contribution in [3.05, 3.63) is 58.6 Å². The largest absolute Gasteiger partial charge is 0.454 e. The molecular formula is C17H19ClN6O2. The second-order valence-electron chi connectivity index (χ2n) is 5.77. The van der Waals surface area contributed by atoms with Crippen LogP contribution in [-0.4, -0.2) is 36.0 Å². The van der Waals surface area contributed by atoms with E-state index < -0.39 is 5.97 Å². The molecule has 0 amide bonds. The molecule has 0 saturated carbocycles. The first-order valence-corrected chi connectivity index (χ1v) is 8.73. The Morgan fingerprint density at radius 3 is 2.96 bits per heavy atom. The molecule has 0 bridgehead atoms. The predicted octanol–water partition coefficient (Wildman–Crippen LogP) is 2.73. The number of aryl methyl sites for hydroxylation is 1. The van der Waals surface area contributed by atoms with Crippen LogP contribution >= 0.6 is 11.6 Å². The van der Waals surface area contributed by atoms with E-state index >= 15 is 0 Å². The second-order valence-corrected chi connectivity index (χ2v) is 6.17. The van der Waals surface area contributed by atoms with E-state index in [-0.39, 0.29) is 6.61 Å². The van der Waals surface area contributed by atoms with Crippen molar-refractivity contribution in [2.45, 2.75) is 39.5 Å². The van der Waals surface area contributed by atoms with Gasteiger partial charge in [-0.1, -0.05) is 43.1 Å². The molecule has 0 N–H and O–H groups in total. The fourth-order valence-electron chi connectivity index (χ4n) is 2.38. The van der Waals surface area contributed by atoms with Crippen molar-refractivity contribution >= 4 is 17.6 Å². The lowest BCUT2D eigenvalue weighted by atomic mass is 10.2. The topological polar surface area (TPSA) is 87.7 Å². The van der Waals surface area contributed by atoms with E-state index in [4.69, 9.17) is 16.3 Å². The molecule has 26 heavy (non-hydrogen) atoms. The molecule has 0 radical (unpaired) electrons. The quantitative estimate of drug-likeness (QED) is 0.563. The summed E-state index contributed by atoms with van der Waals surface area (Å²) >= 11 is 6.15.